The van der Waals surface area contributed by atoms with Gasteiger partial charge in [0.25, 0.3) is 0 Å². The highest BCUT2D eigenvalue weighted by Gasteiger charge is 2.05. The van der Waals surface area contributed by atoms with E-state index in [4.69, 9.17) is 10.5 Å². The Balaban J connectivity index is 2.53. The molecule has 0 atom stereocenters. The molecule has 0 aliphatic rings. The standard InChI is InChI=1S/C12H18N2O2S/c1-9-7-10(16-2)3-4-11(9)14-12(15)8-17-6-5-13/h3-4,7H,5-6,8,13H2,1-2H3,(H,14,15). The molecule has 1 rings (SSSR count). The lowest BCUT2D eigenvalue weighted by Crippen LogP contribution is -2.16. The molecule has 0 aliphatic carbocycles. The Morgan fingerprint density at radius 2 is 2.29 bits per heavy atom. The van der Waals surface area contributed by atoms with E-state index in [0.29, 0.717) is 12.3 Å². The van der Waals surface area contributed by atoms with Crippen molar-refractivity contribution in [3.63, 3.8) is 0 Å². The van der Waals surface area contributed by atoms with Crippen LogP contribution in [0, 0.1) is 6.92 Å². The van der Waals surface area contributed by atoms with Gasteiger partial charge in [-0.3, -0.25) is 4.79 Å². The van der Waals surface area contributed by atoms with Gasteiger partial charge in [0.2, 0.25) is 5.91 Å². The Kier molecular flexibility index (Phi) is 5.86. The quantitative estimate of drug-likeness (QED) is 0.757. The number of benzene rings is 1. The van der Waals surface area contributed by atoms with Crippen molar-refractivity contribution in [1.29, 1.82) is 0 Å². The number of carbonyl (C=O) groups excluding carboxylic acids is 1. The van der Waals surface area contributed by atoms with Crippen LogP contribution in [0.4, 0.5) is 5.69 Å². The number of hydrogen-bond donors (Lipinski definition) is 2. The van der Waals surface area contributed by atoms with Crippen molar-refractivity contribution < 1.29 is 9.53 Å². The zero-order valence-electron chi connectivity index (χ0n) is 10.2. The molecule has 0 heterocycles. The smallest absolute Gasteiger partial charge is 0.234 e. The van der Waals surface area contributed by atoms with E-state index in [2.05, 4.69) is 5.32 Å². The van der Waals surface area contributed by atoms with E-state index in [0.717, 1.165) is 22.8 Å². The number of amides is 1. The van der Waals surface area contributed by atoms with E-state index in [1.807, 2.05) is 25.1 Å². The SMILES string of the molecule is COc1ccc(NC(=O)CSCCN)c(C)c1. The average molecular weight is 254 g/mol. The summed E-state index contributed by atoms with van der Waals surface area (Å²) in [6.45, 7) is 2.53. The van der Waals surface area contributed by atoms with Crippen LogP contribution in [0.15, 0.2) is 18.2 Å². The fraction of sp³-hybridized carbons (Fsp3) is 0.417. The third-order valence-electron chi connectivity index (χ3n) is 2.20. The predicted molar refractivity (Wildman–Crippen MR) is 72.7 cm³/mol. The molecule has 4 nitrogen and oxygen atoms in total. The first-order valence-electron chi connectivity index (χ1n) is 5.39. The van der Waals surface area contributed by atoms with E-state index >= 15 is 0 Å². The van der Waals surface area contributed by atoms with Crippen LogP contribution in [0.5, 0.6) is 5.75 Å². The Hall–Kier alpha value is -1.20. The molecule has 0 fully saturated rings. The van der Waals surface area contributed by atoms with Crippen molar-refractivity contribution in [2.45, 2.75) is 6.92 Å². The number of thioether (sulfide) groups is 1. The minimum absolute atomic E-state index is 0.00304. The van der Waals surface area contributed by atoms with Gasteiger partial charge in [0.05, 0.1) is 12.9 Å². The van der Waals surface area contributed by atoms with Crippen LogP contribution >= 0.6 is 11.8 Å². The summed E-state index contributed by atoms with van der Waals surface area (Å²) in [6.07, 6.45) is 0. The van der Waals surface area contributed by atoms with Crippen molar-refractivity contribution >= 4 is 23.4 Å². The molecule has 5 heteroatoms. The van der Waals surface area contributed by atoms with Crippen LogP contribution in [0.25, 0.3) is 0 Å². The van der Waals surface area contributed by atoms with Crippen molar-refractivity contribution in [3.05, 3.63) is 23.8 Å². The van der Waals surface area contributed by atoms with Crippen LogP contribution in [-0.4, -0.2) is 31.1 Å². The van der Waals surface area contributed by atoms with E-state index in [9.17, 15) is 4.79 Å². The van der Waals surface area contributed by atoms with Crippen molar-refractivity contribution in [3.8, 4) is 5.75 Å². The first kappa shape index (κ1) is 13.9. The van der Waals surface area contributed by atoms with Gasteiger partial charge in [0.1, 0.15) is 5.75 Å². The highest BCUT2D eigenvalue weighted by molar-refractivity contribution is 7.99. The highest BCUT2D eigenvalue weighted by Crippen LogP contribution is 2.21. The molecule has 0 unspecified atom stereocenters. The van der Waals surface area contributed by atoms with Crippen molar-refractivity contribution in [2.75, 3.05) is 30.5 Å². The van der Waals surface area contributed by atoms with E-state index < -0.39 is 0 Å². The van der Waals surface area contributed by atoms with Crippen LogP contribution in [0.3, 0.4) is 0 Å². The molecule has 0 aromatic heterocycles. The Morgan fingerprint density at radius 3 is 2.88 bits per heavy atom. The average Bonchev–Trinajstić information content (AvgIpc) is 2.32. The van der Waals surface area contributed by atoms with Crippen LogP contribution in [0.1, 0.15) is 5.56 Å². The van der Waals surface area contributed by atoms with Gasteiger partial charge in [0.15, 0.2) is 0 Å². The maximum Gasteiger partial charge on any atom is 0.234 e. The summed E-state index contributed by atoms with van der Waals surface area (Å²) >= 11 is 1.53. The van der Waals surface area contributed by atoms with Gasteiger partial charge in [-0.1, -0.05) is 0 Å². The number of aryl methyl sites for hydroxylation is 1. The van der Waals surface area contributed by atoms with Crippen molar-refractivity contribution in [1.82, 2.24) is 0 Å². The van der Waals surface area contributed by atoms with Gasteiger partial charge in [-0.2, -0.15) is 11.8 Å². The second kappa shape index (κ2) is 7.19. The topological polar surface area (TPSA) is 64.3 Å². The third kappa shape index (κ3) is 4.66. The molecule has 0 aliphatic heterocycles. The molecular weight excluding hydrogens is 236 g/mol. The molecular formula is C12H18N2O2S. The molecule has 17 heavy (non-hydrogen) atoms. The Labute approximate surface area is 106 Å². The summed E-state index contributed by atoms with van der Waals surface area (Å²) < 4.78 is 5.10. The minimum Gasteiger partial charge on any atom is -0.497 e. The second-order valence-corrected chi connectivity index (χ2v) is 4.68. The number of nitrogens with two attached hydrogens (primary N) is 1. The van der Waals surface area contributed by atoms with Crippen LogP contribution in [-0.2, 0) is 4.79 Å². The lowest BCUT2D eigenvalue weighted by molar-refractivity contribution is -0.113. The Bertz CT molecular complexity index is 383. The molecule has 0 saturated carbocycles. The van der Waals surface area contributed by atoms with Crippen LogP contribution in [0.2, 0.25) is 0 Å². The summed E-state index contributed by atoms with van der Waals surface area (Å²) in [4.78, 5) is 11.6. The second-order valence-electron chi connectivity index (χ2n) is 3.57. The van der Waals surface area contributed by atoms with E-state index in [-0.39, 0.29) is 5.91 Å². The normalized spacial score (nSPS) is 10.1. The monoisotopic (exact) mass is 254 g/mol. The number of methoxy groups -OCH3 is 1. The molecule has 1 aromatic carbocycles. The van der Waals surface area contributed by atoms with Gasteiger partial charge >= 0.3 is 0 Å². The molecule has 94 valence electrons. The Morgan fingerprint density at radius 1 is 1.53 bits per heavy atom. The highest BCUT2D eigenvalue weighted by atomic mass is 32.2. The fourth-order valence-corrected chi connectivity index (χ4v) is 1.91. The number of rotatable bonds is 6. The van der Waals surface area contributed by atoms with Crippen LogP contribution < -0.4 is 15.8 Å². The number of ether oxygens (including phenoxy) is 1. The molecule has 3 N–H and O–H groups in total. The maximum absolute atomic E-state index is 11.6. The van der Waals surface area contributed by atoms with Gasteiger partial charge in [-0.15, -0.1) is 0 Å². The fourth-order valence-electron chi connectivity index (χ4n) is 1.34. The summed E-state index contributed by atoms with van der Waals surface area (Å²) in [6, 6.07) is 5.57. The first-order chi connectivity index (χ1) is 8.17. The number of nitrogens with one attached hydrogen (secondary N) is 1. The molecule has 1 aromatic rings. The zero-order chi connectivity index (χ0) is 12.7. The predicted octanol–water partition coefficient (Wildman–Crippen LogP) is 1.63. The van der Waals surface area contributed by atoms with Gasteiger partial charge in [-0.05, 0) is 30.7 Å². The number of hydrogen-bond acceptors (Lipinski definition) is 4. The molecule has 0 saturated heterocycles. The zero-order valence-corrected chi connectivity index (χ0v) is 11.0. The molecule has 0 radical (unpaired) electrons. The van der Waals surface area contributed by atoms with Gasteiger partial charge in [-0.25, -0.2) is 0 Å². The largest absolute Gasteiger partial charge is 0.497 e. The summed E-state index contributed by atoms with van der Waals surface area (Å²) in [5.41, 5.74) is 7.17. The third-order valence-corrected chi connectivity index (χ3v) is 3.19. The minimum atomic E-state index is -0.00304. The number of anilines is 1. The molecule has 0 spiro atoms. The summed E-state index contributed by atoms with van der Waals surface area (Å²) in [5.74, 6) is 2.02. The summed E-state index contributed by atoms with van der Waals surface area (Å²) in [7, 11) is 1.62. The first-order valence-corrected chi connectivity index (χ1v) is 6.55. The lowest BCUT2D eigenvalue weighted by Gasteiger charge is -2.09. The molecule has 1 amide bonds. The van der Waals surface area contributed by atoms with Gasteiger partial charge in [0, 0.05) is 18.0 Å². The van der Waals surface area contributed by atoms with E-state index in [1.54, 1.807) is 7.11 Å². The number of carbonyl (C=O) groups is 1. The lowest BCUT2D eigenvalue weighted by atomic mass is 10.2. The summed E-state index contributed by atoms with van der Waals surface area (Å²) in [5, 5.41) is 2.86. The maximum atomic E-state index is 11.6. The van der Waals surface area contributed by atoms with Crippen molar-refractivity contribution in [2.24, 2.45) is 5.73 Å². The molecule has 0 bridgehead atoms. The van der Waals surface area contributed by atoms with E-state index in [1.165, 1.54) is 11.8 Å². The van der Waals surface area contributed by atoms with Gasteiger partial charge < -0.3 is 15.8 Å².